The van der Waals surface area contributed by atoms with Crippen molar-refractivity contribution in [1.82, 2.24) is 14.9 Å². The molecular weight excluding hydrogens is 430 g/mol. The minimum Gasteiger partial charge on any atom is -0.497 e. The van der Waals surface area contributed by atoms with Crippen LogP contribution in [-0.2, 0) is 14.8 Å². The van der Waals surface area contributed by atoms with Crippen LogP contribution in [0.25, 0.3) is 0 Å². The zero-order chi connectivity index (χ0) is 23.1. The molecule has 3 rings (SSSR count). The normalized spacial score (nSPS) is 17.3. The summed E-state index contributed by atoms with van der Waals surface area (Å²) in [5.74, 6) is 0.511. The van der Waals surface area contributed by atoms with Gasteiger partial charge in [-0.1, -0.05) is 12.1 Å². The lowest BCUT2D eigenvalue weighted by atomic mass is 10.1. The molecule has 0 aliphatic carbocycles. The summed E-state index contributed by atoms with van der Waals surface area (Å²) in [6, 6.07) is 13.6. The molecule has 0 aromatic heterocycles. The zero-order valence-electron chi connectivity index (χ0n) is 18.7. The first kappa shape index (κ1) is 24.2. The highest BCUT2D eigenvalue weighted by molar-refractivity contribution is 7.89. The van der Waals surface area contributed by atoms with E-state index in [2.05, 4.69) is 10.0 Å². The molecule has 2 unspecified atom stereocenters. The molecule has 0 saturated carbocycles. The summed E-state index contributed by atoms with van der Waals surface area (Å²) in [6.07, 6.45) is 1.72. The fourth-order valence-electron chi connectivity index (χ4n) is 3.59. The highest BCUT2D eigenvalue weighted by Crippen LogP contribution is 2.21. The number of rotatable bonds is 10. The van der Waals surface area contributed by atoms with Gasteiger partial charge in [-0.25, -0.2) is 13.1 Å². The Morgan fingerprint density at radius 3 is 2.41 bits per heavy atom. The van der Waals surface area contributed by atoms with Crippen molar-refractivity contribution in [2.45, 2.75) is 29.9 Å². The maximum absolute atomic E-state index is 12.6. The molecule has 2 aromatic rings. The molecular formula is C23H31N3O5S. The fourth-order valence-corrected chi connectivity index (χ4v) is 4.66. The molecule has 1 aliphatic rings. The number of hydrogen-bond acceptors (Lipinski definition) is 6. The van der Waals surface area contributed by atoms with E-state index in [4.69, 9.17) is 9.47 Å². The van der Waals surface area contributed by atoms with Gasteiger partial charge in [-0.05, 0) is 68.9 Å². The van der Waals surface area contributed by atoms with Gasteiger partial charge in [0.2, 0.25) is 10.0 Å². The number of carbonyl (C=O) groups is 1. The number of nitrogens with zero attached hydrogens (tertiary/aromatic N) is 1. The monoisotopic (exact) mass is 461 g/mol. The Hall–Kier alpha value is -2.46. The summed E-state index contributed by atoms with van der Waals surface area (Å²) in [4.78, 5) is 14.8. The summed E-state index contributed by atoms with van der Waals surface area (Å²) in [5.41, 5.74) is 1.45. The van der Waals surface area contributed by atoms with E-state index in [9.17, 15) is 13.2 Å². The molecule has 9 heteroatoms. The molecule has 2 N–H and O–H groups in total. The van der Waals surface area contributed by atoms with Gasteiger partial charge in [-0.2, -0.15) is 0 Å². The first-order valence-corrected chi connectivity index (χ1v) is 12.1. The lowest BCUT2D eigenvalue weighted by molar-refractivity contribution is 0.0941. The van der Waals surface area contributed by atoms with E-state index in [0.29, 0.717) is 18.7 Å². The van der Waals surface area contributed by atoms with Crippen LogP contribution in [0.3, 0.4) is 0 Å². The number of carbonyl (C=O) groups excluding carboxylic acids is 1. The van der Waals surface area contributed by atoms with Gasteiger partial charge in [0.25, 0.3) is 5.91 Å². The number of sulfonamides is 1. The standard InChI is InChI=1S/C23H31N3O5S/c1-26(2)22(17-6-10-19(30-3)11-7-17)16-24-23(27)18-8-12-21(13-9-18)32(28,29)25-15-20-5-4-14-31-20/h6-13,20,22,25H,4-5,14-16H2,1-3H3,(H,24,27). The Kier molecular flexibility index (Phi) is 8.25. The summed E-state index contributed by atoms with van der Waals surface area (Å²) < 4.78 is 38.2. The molecule has 1 saturated heterocycles. The van der Waals surface area contributed by atoms with Crippen LogP contribution in [0.4, 0.5) is 0 Å². The Labute approximate surface area is 190 Å². The zero-order valence-corrected chi connectivity index (χ0v) is 19.5. The fraction of sp³-hybridized carbons (Fsp3) is 0.435. The minimum atomic E-state index is -3.65. The van der Waals surface area contributed by atoms with E-state index in [0.717, 1.165) is 24.2 Å². The summed E-state index contributed by atoms with van der Waals surface area (Å²) in [5, 5.41) is 2.93. The summed E-state index contributed by atoms with van der Waals surface area (Å²) >= 11 is 0. The molecule has 1 fully saturated rings. The Balaban J connectivity index is 1.59. The minimum absolute atomic E-state index is 0.0217. The maximum atomic E-state index is 12.6. The van der Waals surface area contributed by atoms with Crippen molar-refractivity contribution in [1.29, 1.82) is 0 Å². The van der Waals surface area contributed by atoms with Crippen molar-refractivity contribution in [3.63, 3.8) is 0 Å². The molecule has 0 spiro atoms. The van der Waals surface area contributed by atoms with E-state index >= 15 is 0 Å². The van der Waals surface area contributed by atoms with Gasteiger partial charge in [-0.3, -0.25) is 4.79 Å². The van der Waals surface area contributed by atoms with Crippen molar-refractivity contribution in [2.75, 3.05) is 40.9 Å². The number of likely N-dealkylation sites (N-methyl/N-ethyl adjacent to an activating group) is 1. The molecule has 0 radical (unpaired) electrons. The third kappa shape index (κ3) is 6.29. The Morgan fingerprint density at radius 1 is 1.16 bits per heavy atom. The van der Waals surface area contributed by atoms with Crippen LogP contribution in [0.1, 0.15) is 34.8 Å². The predicted molar refractivity (Wildman–Crippen MR) is 122 cm³/mol. The van der Waals surface area contributed by atoms with Crippen LogP contribution in [0.2, 0.25) is 0 Å². The molecule has 1 heterocycles. The molecule has 2 atom stereocenters. The quantitative estimate of drug-likeness (QED) is 0.563. The molecule has 174 valence electrons. The van der Waals surface area contributed by atoms with Crippen molar-refractivity contribution < 1.29 is 22.7 Å². The van der Waals surface area contributed by atoms with E-state index in [1.165, 1.54) is 24.3 Å². The Morgan fingerprint density at radius 2 is 1.84 bits per heavy atom. The van der Waals surface area contributed by atoms with Crippen LogP contribution in [0.15, 0.2) is 53.4 Å². The number of ether oxygens (including phenoxy) is 2. The van der Waals surface area contributed by atoms with Crippen molar-refractivity contribution in [2.24, 2.45) is 0 Å². The second kappa shape index (κ2) is 10.9. The van der Waals surface area contributed by atoms with Crippen molar-refractivity contribution in [3.8, 4) is 5.75 Å². The molecule has 1 aliphatic heterocycles. The van der Waals surface area contributed by atoms with Crippen LogP contribution in [0.5, 0.6) is 5.75 Å². The first-order chi connectivity index (χ1) is 15.3. The van der Waals surface area contributed by atoms with Gasteiger partial charge < -0.3 is 19.7 Å². The second-order valence-corrected chi connectivity index (χ2v) is 9.74. The second-order valence-electron chi connectivity index (χ2n) is 7.97. The maximum Gasteiger partial charge on any atom is 0.251 e. The largest absolute Gasteiger partial charge is 0.497 e. The lowest BCUT2D eigenvalue weighted by Gasteiger charge is -2.25. The first-order valence-electron chi connectivity index (χ1n) is 10.6. The van der Waals surface area contributed by atoms with Crippen molar-refractivity contribution in [3.05, 3.63) is 59.7 Å². The van der Waals surface area contributed by atoms with Crippen LogP contribution >= 0.6 is 0 Å². The third-order valence-electron chi connectivity index (χ3n) is 5.53. The van der Waals surface area contributed by atoms with Gasteiger partial charge in [0.1, 0.15) is 5.75 Å². The Bertz CT molecular complexity index is 985. The summed E-state index contributed by atoms with van der Waals surface area (Å²) in [7, 11) is 1.87. The van der Waals surface area contributed by atoms with Crippen LogP contribution in [-0.4, -0.2) is 66.2 Å². The van der Waals surface area contributed by atoms with Gasteiger partial charge in [0, 0.05) is 25.3 Å². The molecule has 0 bridgehead atoms. The number of amides is 1. The predicted octanol–water partition coefficient (Wildman–Crippen LogP) is 2.19. The number of methoxy groups -OCH3 is 1. The third-order valence-corrected chi connectivity index (χ3v) is 6.97. The smallest absolute Gasteiger partial charge is 0.251 e. The van der Waals surface area contributed by atoms with Gasteiger partial charge in [-0.15, -0.1) is 0 Å². The van der Waals surface area contributed by atoms with E-state index in [1.54, 1.807) is 7.11 Å². The molecule has 32 heavy (non-hydrogen) atoms. The lowest BCUT2D eigenvalue weighted by Crippen LogP contribution is -2.34. The summed E-state index contributed by atoms with van der Waals surface area (Å²) in [6.45, 7) is 1.33. The average molecular weight is 462 g/mol. The average Bonchev–Trinajstić information content (AvgIpc) is 3.32. The van der Waals surface area contributed by atoms with Crippen LogP contribution in [0, 0.1) is 0 Å². The topological polar surface area (TPSA) is 97.0 Å². The van der Waals surface area contributed by atoms with E-state index in [1.807, 2.05) is 43.3 Å². The van der Waals surface area contributed by atoms with Gasteiger partial charge in [0.15, 0.2) is 0 Å². The van der Waals surface area contributed by atoms with Crippen LogP contribution < -0.4 is 14.8 Å². The SMILES string of the molecule is COc1ccc(C(CNC(=O)c2ccc(S(=O)(=O)NCC3CCCO3)cc2)N(C)C)cc1. The number of hydrogen-bond donors (Lipinski definition) is 2. The number of benzene rings is 2. The highest BCUT2D eigenvalue weighted by atomic mass is 32.2. The van der Waals surface area contributed by atoms with E-state index < -0.39 is 10.0 Å². The highest BCUT2D eigenvalue weighted by Gasteiger charge is 2.21. The molecule has 1 amide bonds. The van der Waals surface area contributed by atoms with Crippen molar-refractivity contribution >= 4 is 15.9 Å². The van der Waals surface area contributed by atoms with Gasteiger partial charge in [0.05, 0.1) is 24.2 Å². The number of nitrogens with one attached hydrogen (secondary N) is 2. The van der Waals surface area contributed by atoms with Gasteiger partial charge >= 0.3 is 0 Å². The van der Waals surface area contributed by atoms with E-state index in [-0.39, 0.29) is 29.5 Å². The molecule has 2 aromatic carbocycles. The molecule has 8 nitrogen and oxygen atoms in total.